The summed E-state index contributed by atoms with van der Waals surface area (Å²) >= 11 is 0. The Kier molecular flexibility index (Phi) is 6.37. The molecule has 1 N–H and O–H groups in total. The van der Waals surface area contributed by atoms with Crippen molar-refractivity contribution in [3.05, 3.63) is 102 Å². The second-order valence-corrected chi connectivity index (χ2v) is 6.29. The van der Waals surface area contributed by atoms with E-state index in [2.05, 4.69) is 5.32 Å². The van der Waals surface area contributed by atoms with Gasteiger partial charge < -0.3 is 10.1 Å². The molecule has 140 valence electrons. The van der Waals surface area contributed by atoms with Crippen molar-refractivity contribution in [2.24, 2.45) is 0 Å². The van der Waals surface area contributed by atoms with Gasteiger partial charge in [-0.3, -0.25) is 9.59 Å². The summed E-state index contributed by atoms with van der Waals surface area (Å²) in [6.07, 6.45) is 3.29. The molecule has 0 saturated heterocycles. The molecular formula is C24H21NO3. The second-order valence-electron chi connectivity index (χ2n) is 6.29. The maximum Gasteiger partial charge on any atom is 0.262 e. The van der Waals surface area contributed by atoms with Crippen LogP contribution in [-0.4, -0.2) is 18.3 Å². The molecule has 4 heteroatoms. The van der Waals surface area contributed by atoms with Gasteiger partial charge in [0.25, 0.3) is 5.91 Å². The molecule has 4 nitrogen and oxygen atoms in total. The molecule has 1 amide bonds. The number of allylic oxidation sites excluding steroid dienone is 1. The number of para-hydroxylation sites is 1. The normalized spacial score (nSPS) is 10.6. The monoisotopic (exact) mass is 371 g/mol. The minimum Gasteiger partial charge on any atom is -0.483 e. The minimum atomic E-state index is -0.231. The summed E-state index contributed by atoms with van der Waals surface area (Å²) < 4.78 is 5.54. The number of rotatable bonds is 7. The van der Waals surface area contributed by atoms with E-state index in [1.165, 1.54) is 0 Å². The number of anilines is 1. The molecule has 0 radical (unpaired) electrons. The molecule has 0 spiro atoms. The second kappa shape index (κ2) is 9.33. The van der Waals surface area contributed by atoms with Crippen LogP contribution in [0.4, 0.5) is 5.69 Å². The van der Waals surface area contributed by atoms with E-state index in [-0.39, 0.29) is 18.3 Å². The zero-order valence-electron chi connectivity index (χ0n) is 15.6. The van der Waals surface area contributed by atoms with E-state index < -0.39 is 0 Å². The number of hydrogen-bond acceptors (Lipinski definition) is 3. The van der Waals surface area contributed by atoms with Gasteiger partial charge in [0.2, 0.25) is 0 Å². The first-order valence-corrected chi connectivity index (χ1v) is 8.97. The highest BCUT2D eigenvalue weighted by atomic mass is 16.5. The van der Waals surface area contributed by atoms with Crippen LogP contribution < -0.4 is 10.1 Å². The van der Waals surface area contributed by atoms with Crippen LogP contribution in [0.2, 0.25) is 0 Å². The smallest absolute Gasteiger partial charge is 0.262 e. The molecule has 3 aromatic carbocycles. The lowest BCUT2D eigenvalue weighted by molar-refractivity contribution is -0.118. The maximum atomic E-state index is 12.1. The van der Waals surface area contributed by atoms with Crippen molar-refractivity contribution in [2.75, 3.05) is 11.9 Å². The molecule has 0 atom stereocenters. The van der Waals surface area contributed by atoms with Gasteiger partial charge >= 0.3 is 0 Å². The summed E-state index contributed by atoms with van der Waals surface area (Å²) in [6, 6.07) is 23.9. The maximum absolute atomic E-state index is 12.1. The average molecular weight is 371 g/mol. The summed E-state index contributed by atoms with van der Waals surface area (Å²) in [5, 5.41) is 2.79. The Labute approximate surface area is 164 Å². The third kappa shape index (κ3) is 5.42. The van der Waals surface area contributed by atoms with E-state index in [4.69, 9.17) is 4.74 Å². The van der Waals surface area contributed by atoms with Gasteiger partial charge in [-0.1, -0.05) is 66.7 Å². The van der Waals surface area contributed by atoms with E-state index in [1.807, 2.05) is 61.5 Å². The van der Waals surface area contributed by atoms with Gasteiger partial charge in [-0.25, -0.2) is 0 Å². The third-order valence-corrected chi connectivity index (χ3v) is 4.13. The van der Waals surface area contributed by atoms with Crippen molar-refractivity contribution >= 4 is 23.5 Å². The van der Waals surface area contributed by atoms with Crippen LogP contribution in [0, 0.1) is 6.92 Å². The standard InChI is InChI=1S/C24H21NO3/c1-18-7-5-6-10-23(18)28-17-24(27)25-21-14-11-19(12-15-21)13-16-22(26)20-8-3-2-4-9-20/h2-16H,17H2,1H3,(H,25,27)/b16-13+. The van der Waals surface area contributed by atoms with Gasteiger partial charge in [-0.15, -0.1) is 0 Å². The van der Waals surface area contributed by atoms with Gasteiger partial charge in [0, 0.05) is 11.3 Å². The van der Waals surface area contributed by atoms with Crippen LogP contribution in [0.5, 0.6) is 5.75 Å². The van der Waals surface area contributed by atoms with Gasteiger partial charge in [0.15, 0.2) is 12.4 Å². The zero-order chi connectivity index (χ0) is 19.8. The first kappa shape index (κ1) is 19.1. The first-order chi connectivity index (χ1) is 13.6. The van der Waals surface area contributed by atoms with Crippen LogP contribution in [0.3, 0.4) is 0 Å². The molecule has 3 aromatic rings. The molecule has 0 fully saturated rings. The van der Waals surface area contributed by atoms with Crippen LogP contribution >= 0.6 is 0 Å². The van der Waals surface area contributed by atoms with Crippen molar-refractivity contribution < 1.29 is 14.3 Å². The highest BCUT2D eigenvalue weighted by Gasteiger charge is 2.05. The number of aryl methyl sites for hydroxylation is 1. The van der Waals surface area contributed by atoms with Crippen LogP contribution in [0.15, 0.2) is 84.9 Å². The highest BCUT2D eigenvalue weighted by molar-refractivity contribution is 6.06. The van der Waals surface area contributed by atoms with Crippen LogP contribution in [-0.2, 0) is 4.79 Å². The minimum absolute atomic E-state index is 0.0497. The molecular weight excluding hydrogens is 350 g/mol. The quantitative estimate of drug-likeness (QED) is 0.474. The Hall–Kier alpha value is -3.66. The number of ketones is 1. The molecule has 0 aliphatic carbocycles. The van der Waals surface area contributed by atoms with Crippen molar-refractivity contribution in [2.45, 2.75) is 6.92 Å². The van der Waals surface area contributed by atoms with Gasteiger partial charge in [-0.2, -0.15) is 0 Å². The number of nitrogens with one attached hydrogen (secondary N) is 1. The predicted octanol–water partition coefficient (Wildman–Crippen LogP) is 4.91. The third-order valence-electron chi connectivity index (χ3n) is 4.13. The molecule has 0 bridgehead atoms. The fourth-order valence-electron chi connectivity index (χ4n) is 2.61. The lowest BCUT2D eigenvalue weighted by Crippen LogP contribution is -2.20. The fraction of sp³-hybridized carbons (Fsp3) is 0.0833. The number of benzene rings is 3. The zero-order valence-corrected chi connectivity index (χ0v) is 15.6. The number of carbonyl (C=O) groups is 2. The number of amides is 1. The molecule has 28 heavy (non-hydrogen) atoms. The Balaban J connectivity index is 1.52. The lowest BCUT2D eigenvalue weighted by Gasteiger charge is -2.09. The number of hydrogen-bond donors (Lipinski definition) is 1. The van der Waals surface area contributed by atoms with Crippen molar-refractivity contribution in [3.63, 3.8) is 0 Å². The van der Waals surface area contributed by atoms with E-state index in [0.717, 1.165) is 11.1 Å². The summed E-state index contributed by atoms with van der Waals surface area (Å²) in [5.74, 6) is 0.415. The molecule has 0 unspecified atom stereocenters. The fourth-order valence-corrected chi connectivity index (χ4v) is 2.61. The first-order valence-electron chi connectivity index (χ1n) is 8.97. The van der Waals surface area contributed by atoms with Crippen molar-refractivity contribution in [3.8, 4) is 5.75 Å². The topological polar surface area (TPSA) is 55.4 Å². The van der Waals surface area contributed by atoms with E-state index >= 15 is 0 Å². The Morgan fingerprint density at radius 2 is 1.57 bits per heavy atom. The summed E-state index contributed by atoms with van der Waals surface area (Å²) in [5.41, 5.74) is 3.18. The molecule has 0 aromatic heterocycles. The van der Waals surface area contributed by atoms with Gasteiger partial charge in [0.05, 0.1) is 0 Å². The van der Waals surface area contributed by atoms with Crippen LogP contribution in [0.1, 0.15) is 21.5 Å². The summed E-state index contributed by atoms with van der Waals surface area (Å²) in [4.78, 5) is 24.1. The van der Waals surface area contributed by atoms with Crippen LogP contribution in [0.25, 0.3) is 6.08 Å². The van der Waals surface area contributed by atoms with E-state index in [9.17, 15) is 9.59 Å². The summed E-state index contributed by atoms with van der Waals surface area (Å²) in [7, 11) is 0. The van der Waals surface area contributed by atoms with Gasteiger partial charge in [-0.05, 0) is 42.3 Å². The molecule has 0 heterocycles. The Morgan fingerprint density at radius 3 is 2.29 bits per heavy atom. The largest absolute Gasteiger partial charge is 0.483 e. The lowest BCUT2D eigenvalue weighted by atomic mass is 10.1. The molecule has 0 saturated carbocycles. The highest BCUT2D eigenvalue weighted by Crippen LogP contribution is 2.16. The van der Waals surface area contributed by atoms with E-state index in [0.29, 0.717) is 17.0 Å². The van der Waals surface area contributed by atoms with Crippen molar-refractivity contribution in [1.82, 2.24) is 0 Å². The Morgan fingerprint density at radius 1 is 0.893 bits per heavy atom. The number of carbonyl (C=O) groups excluding carboxylic acids is 2. The van der Waals surface area contributed by atoms with E-state index in [1.54, 1.807) is 36.4 Å². The molecule has 0 aliphatic rings. The molecule has 0 aliphatic heterocycles. The number of ether oxygens (including phenoxy) is 1. The summed E-state index contributed by atoms with van der Waals surface area (Å²) in [6.45, 7) is 1.88. The predicted molar refractivity (Wildman–Crippen MR) is 112 cm³/mol. The van der Waals surface area contributed by atoms with Gasteiger partial charge in [0.1, 0.15) is 5.75 Å². The SMILES string of the molecule is Cc1ccccc1OCC(=O)Nc1ccc(/C=C/C(=O)c2ccccc2)cc1. The Bertz CT molecular complexity index is 976. The average Bonchev–Trinajstić information content (AvgIpc) is 2.73. The molecule has 3 rings (SSSR count). The van der Waals surface area contributed by atoms with Crippen molar-refractivity contribution in [1.29, 1.82) is 0 Å².